The quantitative estimate of drug-likeness (QED) is 0.455. The summed E-state index contributed by atoms with van der Waals surface area (Å²) in [7, 11) is 0. The van der Waals surface area contributed by atoms with E-state index >= 15 is 0 Å². The number of benzene rings is 2. The van der Waals surface area contributed by atoms with Crippen LogP contribution in [0.4, 0.5) is 0 Å². The van der Waals surface area contributed by atoms with Crippen molar-refractivity contribution in [3.8, 4) is 22.3 Å². The van der Waals surface area contributed by atoms with Gasteiger partial charge in [-0.3, -0.25) is 9.59 Å². The maximum Gasteiger partial charge on any atom is 0.0677 e. The molecule has 0 heterocycles. The lowest BCUT2D eigenvalue weighted by molar-refractivity contribution is 0.568. The largest absolute Gasteiger partial charge is 0.724 e. The van der Waals surface area contributed by atoms with Gasteiger partial charge in [0.25, 0.3) is 0 Å². The molecule has 0 bridgehead atoms. The number of isocyanates is 2. The second-order valence-corrected chi connectivity index (χ2v) is 4.30. The monoisotopic (exact) mass is 304 g/mol. The molecule has 6 heteroatoms. The molecule has 0 radical (unpaired) electrons. The zero-order valence-corrected chi connectivity index (χ0v) is 11.4. The predicted molar refractivity (Wildman–Crippen MR) is 79.0 cm³/mol. The molecule has 0 fully saturated rings. The van der Waals surface area contributed by atoms with E-state index in [2.05, 4.69) is 12.1 Å². The summed E-state index contributed by atoms with van der Waals surface area (Å²) in [6.07, 6.45) is 1.00. The number of nitrogens with zero attached hydrogens (tertiary/aromatic N) is 2. The molecular formula is C14H6Cl2N2O2-2. The number of fused-ring (bicyclic) bond motifs is 4. The standard InChI is InChI=1S/C12H6Cl2.2CNO/c13-10-6-5-9-7-3-1-2-4-8(7)11(9)12(10)14;2*2-1-3/h1-6H;;/q;2*-1. The van der Waals surface area contributed by atoms with Crippen LogP contribution in [0.25, 0.3) is 33.1 Å². The Morgan fingerprint density at radius 3 is 1.85 bits per heavy atom. The summed E-state index contributed by atoms with van der Waals surface area (Å²) < 4.78 is 0. The maximum absolute atomic E-state index is 8.24. The van der Waals surface area contributed by atoms with Crippen molar-refractivity contribution in [2.75, 3.05) is 0 Å². The SMILES string of the molecule is Clc1ccc2c(c1Cl)-c1ccccc1-2.[N-]=C=O.[N-]=C=O. The Morgan fingerprint density at radius 2 is 1.30 bits per heavy atom. The molecular weight excluding hydrogens is 299 g/mol. The van der Waals surface area contributed by atoms with E-state index in [-0.39, 0.29) is 0 Å². The lowest BCUT2D eigenvalue weighted by atomic mass is 9.81. The third-order valence-corrected chi connectivity index (χ3v) is 3.39. The Morgan fingerprint density at radius 1 is 0.800 bits per heavy atom. The lowest BCUT2D eigenvalue weighted by Crippen LogP contribution is -1.98. The third-order valence-electron chi connectivity index (χ3n) is 2.58. The molecule has 100 valence electrons. The average molecular weight is 305 g/mol. The molecule has 0 spiro atoms. The molecule has 0 amide bonds. The molecule has 0 saturated carbocycles. The van der Waals surface area contributed by atoms with Crippen LogP contribution in [0.5, 0.6) is 0 Å². The van der Waals surface area contributed by atoms with Gasteiger partial charge in [0.15, 0.2) is 0 Å². The molecule has 0 atom stereocenters. The molecule has 4 nitrogen and oxygen atoms in total. The van der Waals surface area contributed by atoms with Crippen molar-refractivity contribution in [3.05, 3.63) is 57.3 Å². The smallest absolute Gasteiger partial charge is 0.0677 e. The van der Waals surface area contributed by atoms with E-state index in [9.17, 15) is 0 Å². The minimum absolute atomic E-state index is 0.500. The molecule has 2 aromatic carbocycles. The summed E-state index contributed by atoms with van der Waals surface area (Å²) >= 11 is 12.1. The number of halogens is 2. The molecule has 20 heavy (non-hydrogen) atoms. The van der Waals surface area contributed by atoms with E-state index in [0.29, 0.717) is 22.2 Å². The number of rotatable bonds is 0. The molecule has 0 aromatic heterocycles. The van der Waals surface area contributed by atoms with Gasteiger partial charge in [-0.2, -0.15) is 0 Å². The summed E-state index contributed by atoms with van der Waals surface area (Å²) in [5, 5.41) is 14.8. The van der Waals surface area contributed by atoms with Crippen molar-refractivity contribution < 1.29 is 9.59 Å². The first kappa shape index (κ1) is 15.8. The molecule has 0 saturated heterocycles. The van der Waals surface area contributed by atoms with Gasteiger partial charge in [-0.15, -0.1) is 0 Å². The van der Waals surface area contributed by atoms with Crippen LogP contribution in [0.2, 0.25) is 10.0 Å². The van der Waals surface area contributed by atoms with Gasteiger partial charge in [-0.25, -0.2) is 0 Å². The Kier molecular flexibility index (Phi) is 5.85. The highest BCUT2D eigenvalue weighted by Gasteiger charge is 2.25. The predicted octanol–water partition coefficient (Wildman–Crippen LogP) is 4.42. The average Bonchev–Trinajstić information content (AvgIpc) is 2.40. The molecule has 2 aromatic rings. The zero-order valence-electron chi connectivity index (χ0n) is 9.93. The van der Waals surface area contributed by atoms with Gasteiger partial charge in [0.2, 0.25) is 0 Å². The first-order chi connectivity index (χ1) is 9.62. The second-order valence-electron chi connectivity index (χ2n) is 3.51. The molecule has 0 unspecified atom stereocenters. The highest BCUT2D eigenvalue weighted by atomic mass is 35.5. The van der Waals surface area contributed by atoms with Crippen molar-refractivity contribution in [2.24, 2.45) is 0 Å². The van der Waals surface area contributed by atoms with Gasteiger partial charge in [0.1, 0.15) is 0 Å². The van der Waals surface area contributed by atoms with Gasteiger partial charge in [-0.05, 0) is 34.9 Å². The van der Waals surface area contributed by atoms with E-state index in [1.165, 1.54) is 16.7 Å². The summed E-state index contributed by atoms with van der Waals surface area (Å²) in [4.78, 5) is 16.5. The van der Waals surface area contributed by atoms with Crippen molar-refractivity contribution in [1.82, 2.24) is 0 Å². The summed E-state index contributed by atoms with van der Waals surface area (Å²) in [6.45, 7) is 0. The second kappa shape index (κ2) is 7.39. The van der Waals surface area contributed by atoms with E-state index < -0.39 is 0 Å². The van der Waals surface area contributed by atoms with E-state index in [1.807, 2.05) is 24.3 Å². The van der Waals surface area contributed by atoms with Crippen LogP contribution in [-0.4, -0.2) is 12.2 Å². The van der Waals surface area contributed by atoms with Crippen LogP contribution >= 0.6 is 23.2 Å². The Balaban J connectivity index is 0.000000290. The minimum atomic E-state index is 0.500. The summed E-state index contributed by atoms with van der Waals surface area (Å²) in [5.74, 6) is 0. The fraction of sp³-hybridized carbons (Fsp3) is 0. The van der Waals surface area contributed by atoms with Gasteiger partial charge in [-0.1, -0.05) is 53.5 Å². The van der Waals surface area contributed by atoms with Crippen LogP contribution in [0.1, 0.15) is 0 Å². The Hall–Kier alpha value is -2.22. The fourth-order valence-electron chi connectivity index (χ4n) is 1.91. The van der Waals surface area contributed by atoms with Crippen molar-refractivity contribution >= 4 is 35.4 Å². The van der Waals surface area contributed by atoms with E-state index in [4.69, 9.17) is 43.6 Å². The molecule has 1 aliphatic carbocycles. The van der Waals surface area contributed by atoms with Crippen LogP contribution in [-0.2, 0) is 9.59 Å². The Labute approximate surface area is 125 Å². The summed E-state index contributed by atoms with van der Waals surface area (Å²) in [6, 6.07) is 12.1. The van der Waals surface area contributed by atoms with Crippen LogP contribution < -0.4 is 0 Å². The third kappa shape index (κ3) is 3.02. The van der Waals surface area contributed by atoms with Gasteiger partial charge in [0.05, 0.1) is 10.0 Å². The first-order valence-corrected chi connectivity index (χ1v) is 5.98. The number of hydrogen-bond acceptors (Lipinski definition) is 2. The van der Waals surface area contributed by atoms with Gasteiger partial charge in [0, 0.05) is 5.56 Å². The van der Waals surface area contributed by atoms with Crippen LogP contribution in [0.15, 0.2) is 36.4 Å². The first-order valence-electron chi connectivity index (χ1n) is 5.22. The molecule has 1 aliphatic rings. The van der Waals surface area contributed by atoms with Crippen molar-refractivity contribution in [2.45, 2.75) is 0 Å². The van der Waals surface area contributed by atoms with Crippen molar-refractivity contribution in [1.29, 1.82) is 0 Å². The summed E-state index contributed by atoms with van der Waals surface area (Å²) in [5.41, 5.74) is 4.76. The highest BCUT2D eigenvalue weighted by Crippen LogP contribution is 2.52. The Bertz CT molecular complexity index is 690. The molecule has 3 rings (SSSR count). The maximum atomic E-state index is 8.24. The van der Waals surface area contributed by atoms with Crippen LogP contribution in [0, 0.1) is 0 Å². The highest BCUT2D eigenvalue weighted by molar-refractivity contribution is 6.45. The fourth-order valence-corrected chi connectivity index (χ4v) is 2.34. The van der Waals surface area contributed by atoms with Crippen molar-refractivity contribution in [3.63, 3.8) is 0 Å². The van der Waals surface area contributed by atoms with E-state index in [0.717, 1.165) is 5.56 Å². The topological polar surface area (TPSA) is 78.7 Å². The number of hydrogen-bond donors (Lipinski definition) is 0. The van der Waals surface area contributed by atoms with E-state index in [1.54, 1.807) is 0 Å². The number of carbonyl (C=O) groups excluding carboxylic acids is 2. The zero-order chi connectivity index (χ0) is 15.1. The molecule has 0 aliphatic heterocycles. The normalized spacial score (nSPS) is 8.90. The van der Waals surface area contributed by atoms with Crippen LogP contribution in [0.3, 0.4) is 0 Å². The minimum Gasteiger partial charge on any atom is -0.724 e. The molecule has 0 N–H and O–H groups in total. The van der Waals surface area contributed by atoms with Gasteiger partial charge >= 0.3 is 0 Å². The lowest BCUT2D eigenvalue weighted by Gasteiger charge is -2.25. The van der Waals surface area contributed by atoms with Gasteiger partial charge < -0.3 is 10.8 Å².